The van der Waals surface area contributed by atoms with Crippen molar-refractivity contribution in [3.05, 3.63) is 99.1 Å². The molecule has 1 amide bonds. The maximum absolute atomic E-state index is 13.9. The maximum atomic E-state index is 13.9. The summed E-state index contributed by atoms with van der Waals surface area (Å²) in [4.78, 5) is 13.4. The van der Waals surface area contributed by atoms with Crippen molar-refractivity contribution in [3.8, 4) is 5.75 Å². The number of sulfonamides is 1. The first-order valence-corrected chi connectivity index (χ1v) is 13.2. The van der Waals surface area contributed by atoms with E-state index in [4.69, 9.17) is 4.74 Å². The Hall–Kier alpha value is -2.01. The molecule has 1 heterocycles. The molecule has 0 unspecified atom stereocenters. The molecule has 0 aliphatic carbocycles. The molecule has 0 atom stereocenters. The van der Waals surface area contributed by atoms with Gasteiger partial charge in [0, 0.05) is 26.5 Å². The molecule has 1 aromatic heterocycles. The summed E-state index contributed by atoms with van der Waals surface area (Å²) in [7, 11) is -2.85. The fourth-order valence-electron chi connectivity index (χ4n) is 3.44. The Labute approximate surface area is 239 Å². The number of rotatable bonds is 7. The van der Waals surface area contributed by atoms with E-state index < -0.39 is 21.7 Å². The van der Waals surface area contributed by atoms with E-state index in [9.17, 15) is 17.6 Å². The Morgan fingerprint density at radius 1 is 1.14 bits per heavy atom. The molecular weight excluding hydrogens is 564 g/mol. The van der Waals surface area contributed by atoms with Gasteiger partial charge in [-0.25, -0.2) is 17.5 Å². The number of halogens is 2. The minimum Gasteiger partial charge on any atom is -1.00 e. The van der Waals surface area contributed by atoms with Gasteiger partial charge in [-0.3, -0.25) is 4.79 Å². The summed E-state index contributed by atoms with van der Waals surface area (Å²) in [6, 6.07) is 18.9. The van der Waals surface area contributed by atoms with Crippen LogP contribution in [-0.4, -0.2) is 21.4 Å². The van der Waals surface area contributed by atoms with Crippen molar-refractivity contribution in [2.24, 2.45) is 0 Å². The zero-order chi connectivity index (χ0) is 24.3. The topological polar surface area (TPSA) is 72.5 Å². The van der Waals surface area contributed by atoms with Crippen molar-refractivity contribution in [2.75, 3.05) is 7.11 Å². The van der Waals surface area contributed by atoms with Gasteiger partial charge < -0.3 is 6.16 Å². The van der Waals surface area contributed by atoms with Crippen molar-refractivity contribution in [2.45, 2.75) is 11.3 Å². The van der Waals surface area contributed by atoms with Crippen LogP contribution >= 0.6 is 27.3 Å². The fourth-order valence-corrected chi connectivity index (χ4v) is 6.18. The molecule has 35 heavy (non-hydrogen) atoms. The zero-order valence-corrected chi connectivity index (χ0v) is 24.1. The second kappa shape index (κ2) is 11.8. The van der Waals surface area contributed by atoms with Crippen LogP contribution in [0.25, 0.3) is 16.2 Å². The SMILES string of the molecule is COc1ccc(Br)cc1S(=O)(=O)NC(=O)C=Cc1cc(F)ccc1Cc1cc2ccccc2s1.[H-].[Na+]. The van der Waals surface area contributed by atoms with Crippen molar-refractivity contribution < 1.29 is 53.3 Å². The zero-order valence-electron chi connectivity index (χ0n) is 19.9. The Balaban J connectivity index is 0.00000228. The quantitative estimate of drug-likeness (QED) is 0.268. The average Bonchev–Trinajstić information content (AvgIpc) is 3.21. The van der Waals surface area contributed by atoms with E-state index in [1.807, 2.05) is 29.0 Å². The first kappa shape index (κ1) is 27.6. The summed E-state index contributed by atoms with van der Waals surface area (Å²) in [5, 5.41) is 1.13. The van der Waals surface area contributed by atoms with Gasteiger partial charge >= 0.3 is 29.6 Å². The molecule has 5 nitrogen and oxygen atoms in total. The molecular formula is C25H20BrFNNaO4S2. The Morgan fingerprint density at radius 2 is 1.91 bits per heavy atom. The summed E-state index contributed by atoms with van der Waals surface area (Å²) in [6.45, 7) is 0. The van der Waals surface area contributed by atoms with Crippen LogP contribution in [0.4, 0.5) is 4.39 Å². The van der Waals surface area contributed by atoms with Crippen LogP contribution in [0, 0.1) is 5.82 Å². The summed E-state index contributed by atoms with van der Waals surface area (Å²) >= 11 is 4.86. The van der Waals surface area contributed by atoms with Crippen molar-refractivity contribution in [1.29, 1.82) is 0 Å². The number of ether oxygens (including phenoxy) is 1. The van der Waals surface area contributed by atoms with Crippen LogP contribution < -0.4 is 39.0 Å². The van der Waals surface area contributed by atoms with E-state index in [0.717, 1.165) is 26.6 Å². The predicted octanol–water partition coefficient (Wildman–Crippen LogP) is 3.04. The fraction of sp³-hybridized carbons (Fsp3) is 0.0800. The number of hydrogen-bond acceptors (Lipinski definition) is 5. The first-order chi connectivity index (χ1) is 16.2. The molecule has 0 fully saturated rings. The van der Waals surface area contributed by atoms with E-state index in [0.29, 0.717) is 16.5 Å². The molecule has 0 aliphatic heterocycles. The summed E-state index contributed by atoms with van der Waals surface area (Å²) in [5.74, 6) is -1.21. The van der Waals surface area contributed by atoms with Gasteiger partial charge in [0.15, 0.2) is 0 Å². The van der Waals surface area contributed by atoms with Crippen LogP contribution in [0.5, 0.6) is 5.75 Å². The van der Waals surface area contributed by atoms with E-state index in [1.165, 1.54) is 37.5 Å². The van der Waals surface area contributed by atoms with Crippen LogP contribution in [0.3, 0.4) is 0 Å². The monoisotopic (exact) mass is 583 g/mol. The van der Waals surface area contributed by atoms with Gasteiger partial charge in [-0.05, 0) is 65.1 Å². The molecule has 0 radical (unpaired) electrons. The molecule has 0 spiro atoms. The summed E-state index contributed by atoms with van der Waals surface area (Å²) in [6.07, 6.45) is 3.04. The number of hydrogen-bond donors (Lipinski definition) is 1. The molecule has 0 bridgehead atoms. The first-order valence-electron chi connectivity index (χ1n) is 10.1. The minimum absolute atomic E-state index is 0. The number of amides is 1. The third-order valence-corrected chi connectivity index (χ3v) is 7.99. The Bertz CT molecular complexity index is 1490. The van der Waals surface area contributed by atoms with Gasteiger partial charge in [0.1, 0.15) is 16.5 Å². The van der Waals surface area contributed by atoms with Crippen molar-refractivity contribution >= 4 is 59.4 Å². The maximum Gasteiger partial charge on any atom is 1.00 e. The number of methoxy groups -OCH3 is 1. The number of nitrogens with one attached hydrogen (secondary N) is 1. The Morgan fingerprint density at radius 3 is 2.66 bits per heavy atom. The molecule has 0 aliphatic rings. The Kier molecular flexibility index (Phi) is 9.31. The van der Waals surface area contributed by atoms with Gasteiger partial charge in [-0.2, -0.15) is 0 Å². The van der Waals surface area contributed by atoms with Crippen LogP contribution in [-0.2, 0) is 21.2 Å². The van der Waals surface area contributed by atoms with Crippen LogP contribution in [0.15, 0.2) is 82.2 Å². The van der Waals surface area contributed by atoms with Gasteiger partial charge in [0.25, 0.3) is 15.9 Å². The average molecular weight is 584 g/mol. The van der Waals surface area contributed by atoms with Gasteiger partial charge in [-0.1, -0.05) is 40.2 Å². The van der Waals surface area contributed by atoms with Gasteiger partial charge in [0.2, 0.25) is 0 Å². The third kappa shape index (κ3) is 6.81. The molecule has 1 N–H and O–H groups in total. The molecule has 4 rings (SSSR count). The van der Waals surface area contributed by atoms with E-state index in [2.05, 4.69) is 22.0 Å². The largest absolute Gasteiger partial charge is 1.00 e. The summed E-state index contributed by atoms with van der Waals surface area (Å²) in [5.41, 5.74) is 1.30. The van der Waals surface area contributed by atoms with Crippen molar-refractivity contribution in [1.82, 2.24) is 4.72 Å². The smallest absolute Gasteiger partial charge is 1.00 e. The number of carbonyl (C=O) groups is 1. The second-order valence-electron chi connectivity index (χ2n) is 7.37. The van der Waals surface area contributed by atoms with Gasteiger partial charge in [-0.15, -0.1) is 11.3 Å². The van der Waals surface area contributed by atoms with Crippen molar-refractivity contribution in [3.63, 3.8) is 0 Å². The number of thiophene rings is 1. The number of carbonyl (C=O) groups excluding carboxylic acids is 1. The molecule has 176 valence electrons. The molecule has 0 saturated carbocycles. The molecule has 4 aromatic rings. The standard InChI is InChI=1S/C25H19BrFNO4S2.Na.H/c1-32-22-10-8-19(26)15-24(22)34(30,31)28-25(29)11-7-16-12-20(27)9-6-17(16)13-21-14-18-4-2-3-5-23(18)33-21;;/h2-12,14-15H,13H2,1H3,(H,28,29);;/q;+1;-1. The van der Waals surface area contributed by atoms with Crippen LogP contribution in [0.2, 0.25) is 0 Å². The summed E-state index contributed by atoms with van der Waals surface area (Å²) < 4.78 is 48.1. The molecule has 10 heteroatoms. The predicted molar refractivity (Wildman–Crippen MR) is 137 cm³/mol. The van der Waals surface area contributed by atoms with E-state index in [1.54, 1.807) is 23.5 Å². The van der Waals surface area contributed by atoms with E-state index in [-0.39, 0.29) is 41.6 Å². The van der Waals surface area contributed by atoms with Gasteiger partial charge in [0.05, 0.1) is 7.11 Å². The number of fused-ring (bicyclic) bond motifs is 1. The molecule has 0 saturated heterocycles. The number of benzene rings is 3. The third-order valence-electron chi connectivity index (χ3n) is 5.01. The second-order valence-corrected chi connectivity index (χ2v) is 11.1. The van der Waals surface area contributed by atoms with Crippen LogP contribution in [0.1, 0.15) is 17.4 Å². The molecule has 3 aromatic carbocycles. The minimum atomic E-state index is -4.19. The normalized spacial score (nSPS) is 11.4. The van der Waals surface area contributed by atoms with E-state index >= 15 is 0 Å².